The van der Waals surface area contributed by atoms with E-state index >= 15 is 0 Å². The van der Waals surface area contributed by atoms with Gasteiger partial charge in [0.25, 0.3) is 0 Å². The van der Waals surface area contributed by atoms with E-state index < -0.39 is 11.4 Å². The number of carboxylic acid groups (broad SMARTS) is 1. The molecule has 0 aromatic carbocycles. The lowest BCUT2D eigenvalue weighted by molar-refractivity contribution is -0.138. The molecule has 0 saturated carbocycles. The number of nitrogens with one attached hydrogen (secondary N) is 1. The Morgan fingerprint density at radius 3 is 2.53 bits per heavy atom. The minimum atomic E-state index is -0.891. The largest absolute Gasteiger partial charge is 0.481 e. The fourth-order valence-electron chi connectivity index (χ4n) is 1.21. The van der Waals surface area contributed by atoms with Crippen LogP contribution in [-0.2, 0) is 14.3 Å². The highest BCUT2D eigenvalue weighted by Crippen LogP contribution is 2.18. The van der Waals surface area contributed by atoms with Crippen molar-refractivity contribution in [2.75, 3.05) is 26.3 Å². The third-order valence-corrected chi connectivity index (χ3v) is 2.38. The maximum Gasteiger partial charge on any atom is 0.305 e. The molecule has 1 amide bonds. The Bertz CT molecular complexity index is 254. The van der Waals surface area contributed by atoms with Crippen molar-refractivity contribution in [3.8, 4) is 0 Å². The first-order chi connectivity index (χ1) is 7.90. The summed E-state index contributed by atoms with van der Waals surface area (Å²) in [4.78, 5) is 21.9. The summed E-state index contributed by atoms with van der Waals surface area (Å²) < 4.78 is 5.05. The van der Waals surface area contributed by atoms with Crippen molar-refractivity contribution in [2.45, 2.75) is 26.7 Å². The van der Waals surface area contributed by atoms with E-state index in [1.165, 1.54) is 0 Å². The standard InChI is InChI=1S/C11H22N2O4/c1-11(2,4-5-12)10(16)13-6-8-17-7-3-9(14)15/h3-8,12H2,1-2H3,(H,13,16)(H,14,15). The maximum absolute atomic E-state index is 11.7. The van der Waals surface area contributed by atoms with E-state index in [-0.39, 0.29) is 18.9 Å². The molecule has 0 aliphatic heterocycles. The van der Waals surface area contributed by atoms with Gasteiger partial charge >= 0.3 is 5.97 Å². The molecule has 0 aliphatic rings. The van der Waals surface area contributed by atoms with Crippen molar-refractivity contribution in [1.29, 1.82) is 0 Å². The van der Waals surface area contributed by atoms with Crippen LogP contribution < -0.4 is 11.1 Å². The van der Waals surface area contributed by atoms with Gasteiger partial charge in [0, 0.05) is 12.0 Å². The number of hydrogen-bond donors (Lipinski definition) is 3. The lowest BCUT2D eigenvalue weighted by Gasteiger charge is -2.22. The van der Waals surface area contributed by atoms with Crippen LogP contribution in [0.1, 0.15) is 26.7 Å². The Balaban J connectivity index is 3.61. The molecule has 0 atom stereocenters. The van der Waals surface area contributed by atoms with Gasteiger partial charge in [0.15, 0.2) is 0 Å². The predicted octanol–water partition coefficient (Wildman–Crippen LogP) is -0.0311. The summed E-state index contributed by atoms with van der Waals surface area (Å²) in [6.07, 6.45) is 0.602. The molecule has 0 saturated heterocycles. The second-order valence-corrected chi connectivity index (χ2v) is 4.43. The zero-order chi connectivity index (χ0) is 13.3. The SMILES string of the molecule is CC(C)(CCN)C(=O)NCCOCCC(=O)O. The molecule has 6 heteroatoms. The van der Waals surface area contributed by atoms with E-state index in [2.05, 4.69) is 5.32 Å². The molecule has 0 unspecified atom stereocenters. The van der Waals surface area contributed by atoms with Crippen LogP contribution in [-0.4, -0.2) is 43.3 Å². The number of nitrogens with two attached hydrogens (primary N) is 1. The summed E-state index contributed by atoms with van der Waals surface area (Å²) in [6.45, 7) is 5.00. The molecule has 0 rings (SSSR count). The molecule has 0 radical (unpaired) electrons. The van der Waals surface area contributed by atoms with Gasteiger partial charge in [0.1, 0.15) is 0 Å². The number of carbonyl (C=O) groups excluding carboxylic acids is 1. The Morgan fingerprint density at radius 2 is 2.00 bits per heavy atom. The number of ether oxygens (including phenoxy) is 1. The van der Waals surface area contributed by atoms with Gasteiger partial charge in [0.05, 0.1) is 19.6 Å². The number of carboxylic acids is 1. The highest BCUT2D eigenvalue weighted by Gasteiger charge is 2.25. The second kappa shape index (κ2) is 8.03. The highest BCUT2D eigenvalue weighted by molar-refractivity contribution is 5.81. The molecule has 17 heavy (non-hydrogen) atoms. The van der Waals surface area contributed by atoms with Gasteiger partial charge in [-0.15, -0.1) is 0 Å². The minimum Gasteiger partial charge on any atom is -0.481 e. The normalized spacial score (nSPS) is 11.2. The van der Waals surface area contributed by atoms with Crippen molar-refractivity contribution in [3.63, 3.8) is 0 Å². The van der Waals surface area contributed by atoms with Crippen LogP contribution in [0.4, 0.5) is 0 Å². The number of hydrogen-bond acceptors (Lipinski definition) is 4. The van der Waals surface area contributed by atoms with Crippen LogP contribution in [0, 0.1) is 5.41 Å². The Hall–Kier alpha value is -1.14. The number of rotatable bonds is 9. The average Bonchev–Trinajstić information content (AvgIpc) is 2.22. The summed E-state index contributed by atoms with van der Waals surface area (Å²) >= 11 is 0. The molecule has 0 bridgehead atoms. The lowest BCUT2D eigenvalue weighted by atomic mass is 9.88. The molecular formula is C11H22N2O4. The van der Waals surface area contributed by atoms with Gasteiger partial charge in [-0.05, 0) is 13.0 Å². The summed E-state index contributed by atoms with van der Waals surface area (Å²) in [5.74, 6) is -0.956. The number of aliphatic carboxylic acids is 1. The fraction of sp³-hybridized carbons (Fsp3) is 0.818. The van der Waals surface area contributed by atoms with Gasteiger partial charge in [-0.3, -0.25) is 9.59 Å². The summed E-state index contributed by atoms with van der Waals surface area (Å²) in [6, 6.07) is 0. The highest BCUT2D eigenvalue weighted by atomic mass is 16.5. The molecule has 0 aromatic rings. The molecule has 0 spiro atoms. The first-order valence-corrected chi connectivity index (χ1v) is 5.68. The van der Waals surface area contributed by atoms with E-state index in [0.717, 1.165) is 0 Å². The Morgan fingerprint density at radius 1 is 1.35 bits per heavy atom. The zero-order valence-corrected chi connectivity index (χ0v) is 10.5. The maximum atomic E-state index is 11.7. The zero-order valence-electron chi connectivity index (χ0n) is 10.5. The van der Waals surface area contributed by atoms with E-state index in [4.69, 9.17) is 15.6 Å². The summed E-state index contributed by atoms with van der Waals surface area (Å²) in [5.41, 5.74) is 4.94. The van der Waals surface area contributed by atoms with Gasteiger partial charge in [0.2, 0.25) is 5.91 Å². The Kier molecular flexibility index (Phi) is 7.49. The van der Waals surface area contributed by atoms with Crippen molar-refractivity contribution >= 4 is 11.9 Å². The van der Waals surface area contributed by atoms with Crippen LogP contribution in [0.5, 0.6) is 0 Å². The smallest absolute Gasteiger partial charge is 0.305 e. The predicted molar refractivity (Wildman–Crippen MR) is 63.5 cm³/mol. The summed E-state index contributed by atoms with van der Waals surface area (Å²) in [7, 11) is 0. The van der Waals surface area contributed by atoms with E-state index in [1.54, 1.807) is 0 Å². The molecular weight excluding hydrogens is 224 g/mol. The van der Waals surface area contributed by atoms with E-state index in [0.29, 0.717) is 26.1 Å². The van der Waals surface area contributed by atoms with Gasteiger partial charge in [-0.25, -0.2) is 0 Å². The molecule has 0 aromatic heterocycles. The fourth-order valence-corrected chi connectivity index (χ4v) is 1.21. The van der Waals surface area contributed by atoms with Crippen LogP contribution in [0.15, 0.2) is 0 Å². The third kappa shape index (κ3) is 7.70. The van der Waals surface area contributed by atoms with Crippen molar-refractivity contribution in [3.05, 3.63) is 0 Å². The first kappa shape index (κ1) is 15.9. The summed E-state index contributed by atoms with van der Waals surface area (Å²) in [5, 5.41) is 11.1. The van der Waals surface area contributed by atoms with Gasteiger partial charge < -0.3 is 20.9 Å². The van der Waals surface area contributed by atoms with Crippen molar-refractivity contribution in [1.82, 2.24) is 5.32 Å². The quantitative estimate of drug-likeness (QED) is 0.496. The van der Waals surface area contributed by atoms with E-state index in [1.807, 2.05) is 13.8 Å². The van der Waals surface area contributed by atoms with Crippen molar-refractivity contribution < 1.29 is 19.4 Å². The second-order valence-electron chi connectivity index (χ2n) is 4.43. The van der Waals surface area contributed by atoms with Crippen LogP contribution in [0.25, 0.3) is 0 Å². The van der Waals surface area contributed by atoms with Gasteiger partial charge in [-0.2, -0.15) is 0 Å². The molecule has 6 nitrogen and oxygen atoms in total. The molecule has 0 fully saturated rings. The van der Waals surface area contributed by atoms with Gasteiger partial charge in [-0.1, -0.05) is 13.8 Å². The number of amides is 1. The van der Waals surface area contributed by atoms with Crippen LogP contribution in [0.3, 0.4) is 0 Å². The molecule has 100 valence electrons. The average molecular weight is 246 g/mol. The van der Waals surface area contributed by atoms with Crippen molar-refractivity contribution in [2.24, 2.45) is 11.1 Å². The third-order valence-electron chi connectivity index (χ3n) is 2.38. The lowest BCUT2D eigenvalue weighted by Crippen LogP contribution is -2.39. The monoisotopic (exact) mass is 246 g/mol. The minimum absolute atomic E-state index is 0.0212. The molecule has 0 aliphatic carbocycles. The first-order valence-electron chi connectivity index (χ1n) is 5.68. The molecule has 4 N–H and O–H groups in total. The molecule has 0 heterocycles. The Labute approximate surface area is 102 Å². The topological polar surface area (TPSA) is 102 Å². The van der Waals surface area contributed by atoms with E-state index in [9.17, 15) is 9.59 Å². The number of carbonyl (C=O) groups is 2. The van der Waals surface area contributed by atoms with Crippen LogP contribution >= 0.6 is 0 Å². The van der Waals surface area contributed by atoms with Crippen LogP contribution in [0.2, 0.25) is 0 Å².